The Bertz CT molecular complexity index is 615. The lowest BCUT2D eigenvalue weighted by molar-refractivity contribution is -0.127. The third-order valence-electron chi connectivity index (χ3n) is 6.20. The van der Waals surface area contributed by atoms with Crippen LogP contribution in [0.15, 0.2) is 24.3 Å². The molecule has 1 aromatic carbocycles. The number of hydrogen-bond acceptors (Lipinski definition) is 4. The number of rotatable bonds is 5. The van der Waals surface area contributed by atoms with E-state index in [2.05, 4.69) is 39.4 Å². The fraction of sp³-hybridized carbons (Fsp3) is 0.667. The van der Waals surface area contributed by atoms with Gasteiger partial charge in [-0.2, -0.15) is 0 Å². The van der Waals surface area contributed by atoms with Crippen molar-refractivity contribution in [1.82, 2.24) is 10.2 Å². The minimum Gasteiger partial charge on any atom is -0.381 e. The highest BCUT2D eigenvalue weighted by Gasteiger charge is 2.30. The van der Waals surface area contributed by atoms with Crippen molar-refractivity contribution in [2.24, 2.45) is 5.92 Å². The van der Waals surface area contributed by atoms with Gasteiger partial charge < -0.3 is 15.0 Å². The van der Waals surface area contributed by atoms with E-state index in [1.807, 2.05) is 0 Å². The molecule has 1 atom stereocenters. The van der Waals surface area contributed by atoms with Crippen molar-refractivity contribution in [3.63, 3.8) is 0 Å². The Labute approximate surface area is 156 Å². The highest BCUT2D eigenvalue weighted by Crippen LogP contribution is 2.27. The van der Waals surface area contributed by atoms with Gasteiger partial charge in [0.05, 0.1) is 5.92 Å². The zero-order chi connectivity index (χ0) is 17.8. The van der Waals surface area contributed by atoms with E-state index >= 15 is 0 Å². The van der Waals surface area contributed by atoms with Crippen molar-refractivity contribution >= 4 is 11.6 Å². The first kappa shape index (κ1) is 17.8. The molecular weight excluding hydrogens is 326 g/mol. The van der Waals surface area contributed by atoms with Crippen LogP contribution in [0.25, 0.3) is 0 Å². The summed E-state index contributed by atoms with van der Waals surface area (Å²) < 4.78 is 5.48. The Morgan fingerprint density at radius 2 is 2.00 bits per heavy atom. The van der Waals surface area contributed by atoms with E-state index in [4.69, 9.17) is 4.74 Å². The summed E-state index contributed by atoms with van der Waals surface area (Å²) in [7, 11) is 0. The largest absolute Gasteiger partial charge is 0.381 e. The van der Waals surface area contributed by atoms with Crippen LogP contribution >= 0.6 is 0 Å². The first-order chi connectivity index (χ1) is 12.8. The third-order valence-corrected chi connectivity index (χ3v) is 6.20. The number of para-hydroxylation sites is 1. The van der Waals surface area contributed by atoms with Gasteiger partial charge in [-0.05, 0) is 50.3 Å². The number of anilines is 1. The first-order valence-electron chi connectivity index (χ1n) is 10.2. The molecule has 1 aromatic rings. The number of ether oxygens (including phenoxy) is 1. The molecule has 0 unspecified atom stereocenters. The van der Waals surface area contributed by atoms with Gasteiger partial charge >= 0.3 is 0 Å². The van der Waals surface area contributed by atoms with Crippen LogP contribution in [0.3, 0.4) is 0 Å². The lowest BCUT2D eigenvalue weighted by Gasteiger charge is -2.39. The van der Waals surface area contributed by atoms with Crippen LogP contribution in [0.1, 0.15) is 31.2 Å². The first-order valence-corrected chi connectivity index (χ1v) is 10.2. The standard InChI is InChI=1S/C21H31N3O2/c25-21(18-5-3-11-24(16-18)19-8-14-26-15-9-19)22-10-13-23-12-7-17-4-1-2-6-20(17)23/h1-2,4,6,18-19H,3,5,7-16H2,(H,22,25)/t18-/m1/s1. The maximum absolute atomic E-state index is 12.7. The van der Waals surface area contributed by atoms with Gasteiger partial charge in [-0.15, -0.1) is 0 Å². The van der Waals surface area contributed by atoms with Crippen molar-refractivity contribution in [3.05, 3.63) is 29.8 Å². The quantitative estimate of drug-likeness (QED) is 0.876. The molecule has 3 aliphatic rings. The smallest absolute Gasteiger partial charge is 0.224 e. The second-order valence-electron chi connectivity index (χ2n) is 7.83. The molecule has 1 N–H and O–H groups in total. The molecule has 0 radical (unpaired) electrons. The van der Waals surface area contributed by atoms with E-state index in [9.17, 15) is 4.79 Å². The molecule has 0 saturated carbocycles. The van der Waals surface area contributed by atoms with E-state index in [0.717, 1.165) is 78.0 Å². The SMILES string of the molecule is O=C(NCCN1CCc2ccccc21)[C@@H]1CCCN(C2CCOCC2)C1. The average Bonchev–Trinajstić information content (AvgIpc) is 3.12. The number of carbonyl (C=O) groups excluding carboxylic acids is 1. The molecule has 1 amide bonds. The number of piperidine rings is 1. The fourth-order valence-corrected chi connectivity index (χ4v) is 4.70. The van der Waals surface area contributed by atoms with Gasteiger partial charge in [0.15, 0.2) is 0 Å². The molecule has 2 fully saturated rings. The summed E-state index contributed by atoms with van der Waals surface area (Å²) in [5.74, 6) is 0.395. The molecule has 4 rings (SSSR count). The van der Waals surface area contributed by atoms with Crippen LogP contribution in [0.4, 0.5) is 5.69 Å². The number of benzene rings is 1. The molecule has 5 heteroatoms. The van der Waals surface area contributed by atoms with Gasteiger partial charge in [0, 0.05) is 51.1 Å². The van der Waals surface area contributed by atoms with E-state index < -0.39 is 0 Å². The zero-order valence-corrected chi connectivity index (χ0v) is 15.7. The minimum absolute atomic E-state index is 0.150. The van der Waals surface area contributed by atoms with Crippen LogP contribution < -0.4 is 10.2 Å². The van der Waals surface area contributed by atoms with Crippen molar-refractivity contribution in [1.29, 1.82) is 0 Å². The number of amides is 1. The molecule has 26 heavy (non-hydrogen) atoms. The maximum Gasteiger partial charge on any atom is 0.224 e. The molecule has 3 aliphatic heterocycles. The van der Waals surface area contributed by atoms with Crippen LogP contribution in [0.5, 0.6) is 0 Å². The minimum atomic E-state index is 0.150. The van der Waals surface area contributed by atoms with Crippen molar-refractivity contribution < 1.29 is 9.53 Å². The maximum atomic E-state index is 12.7. The predicted molar refractivity (Wildman–Crippen MR) is 104 cm³/mol. The average molecular weight is 357 g/mol. The second-order valence-corrected chi connectivity index (χ2v) is 7.83. The van der Waals surface area contributed by atoms with Crippen LogP contribution in [0, 0.1) is 5.92 Å². The molecule has 142 valence electrons. The van der Waals surface area contributed by atoms with Crippen LogP contribution in [-0.4, -0.2) is 62.8 Å². The fourth-order valence-electron chi connectivity index (χ4n) is 4.70. The van der Waals surface area contributed by atoms with Gasteiger partial charge in [-0.1, -0.05) is 18.2 Å². The van der Waals surface area contributed by atoms with Gasteiger partial charge in [0.2, 0.25) is 5.91 Å². The topological polar surface area (TPSA) is 44.8 Å². The third kappa shape index (κ3) is 4.04. The normalized spacial score (nSPS) is 24.5. The Kier molecular flexibility index (Phi) is 5.75. The number of carbonyl (C=O) groups is 1. The van der Waals surface area contributed by atoms with Gasteiger partial charge in [-0.25, -0.2) is 0 Å². The Morgan fingerprint density at radius 3 is 2.88 bits per heavy atom. The number of nitrogens with zero attached hydrogens (tertiary/aromatic N) is 2. The highest BCUT2D eigenvalue weighted by molar-refractivity contribution is 5.79. The molecule has 0 aromatic heterocycles. The number of hydrogen-bond donors (Lipinski definition) is 1. The molecule has 5 nitrogen and oxygen atoms in total. The summed E-state index contributed by atoms with van der Waals surface area (Å²) in [6, 6.07) is 9.22. The van der Waals surface area contributed by atoms with Crippen molar-refractivity contribution in [3.8, 4) is 0 Å². The Hall–Kier alpha value is -1.59. The van der Waals surface area contributed by atoms with Crippen molar-refractivity contribution in [2.75, 3.05) is 50.8 Å². The Morgan fingerprint density at radius 1 is 1.15 bits per heavy atom. The molecule has 3 heterocycles. The van der Waals surface area contributed by atoms with E-state index in [1.54, 1.807) is 0 Å². The number of likely N-dealkylation sites (tertiary alicyclic amines) is 1. The summed E-state index contributed by atoms with van der Waals surface area (Å²) in [4.78, 5) is 17.6. The molecule has 0 aliphatic carbocycles. The van der Waals surface area contributed by atoms with Gasteiger partial charge in [0.1, 0.15) is 0 Å². The summed E-state index contributed by atoms with van der Waals surface area (Å²) in [6.45, 7) is 6.50. The Balaban J connectivity index is 1.23. The van der Waals surface area contributed by atoms with E-state index in [0.29, 0.717) is 6.04 Å². The summed E-state index contributed by atoms with van der Waals surface area (Å²) in [5, 5.41) is 3.20. The highest BCUT2D eigenvalue weighted by atomic mass is 16.5. The second kappa shape index (κ2) is 8.40. The van der Waals surface area contributed by atoms with Gasteiger partial charge in [-0.3, -0.25) is 9.69 Å². The number of nitrogens with one attached hydrogen (secondary N) is 1. The molecule has 0 bridgehead atoms. The number of fused-ring (bicyclic) bond motifs is 1. The molecule has 0 spiro atoms. The lowest BCUT2D eigenvalue weighted by atomic mass is 9.94. The zero-order valence-electron chi connectivity index (χ0n) is 15.7. The summed E-state index contributed by atoms with van der Waals surface area (Å²) in [6.07, 6.45) is 5.51. The molecular formula is C21H31N3O2. The van der Waals surface area contributed by atoms with Gasteiger partial charge in [0.25, 0.3) is 0 Å². The molecule has 2 saturated heterocycles. The van der Waals surface area contributed by atoms with Crippen LogP contribution in [0.2, 0.25) is 0 Å². The summed E-state index contributed by atoms with van der Waals surface area (Å²) in [5.41, 5.74) is 2.77. The lowest BCUT2D eigenvalue weighted by Crippen LogP contribution is -2.49. The van der Waals surface area contributed by atoms with Crippen LogP contribution in [-0.2, 0) is 16.0 Å². The predicted octanol–water partition coefficient (Wildman–Crippen LogP) is 2.06. The van der Waals surface area contributed by atoms with Crippen molar-refractivity contribution in [2.45, 2.75) is 38.1 Å². The monoisotopic (exact) mass is 357 g/mol. The summed E-state index contributed by atoms with van der Waals surface area (Å²) >= 11 is 0. The van der Waals surface area contributed by atoms with E-state index in [-0.39, 0.29) is 11.8 Å². The van der Waals surface area contributed by atoms with E-state index in [1.165, 1.54) is 11.3 Å².